The van der Waals surface area contributed by atoms with Gasteiger partial charge in [0.15, 0.2) is 18.9 Å². The Balaban J connectivity index is 0.924. The van der Waals surface area contributed by atoms with E-state index in [1.54, 1.807) is 43.5 Å². The number of amides is 2. The molecular formula is C76H85NO20. The Hall–Kier alpha value is -7.65. The lowest BCUT2D eigenvalue weighted by molar-refractivity contribution is -0.374. The van der Waals surface area contributed by atoms with Gasteiger partial charge in [0.1, 0.15) is 78.9 Å². The molecule has 0 aromatic heterocycles. The SMILES string of the molecule is COC(=O)CCCCCO[C@@H]1O[C@H](CO[C@@H]2O[C@H](CO)[C@H](O)[C@H](O[C@H]3O[C@H](COCc4ccccc4)[C@@H](OCc4ccccc4)[C@H](OCc4ccccc4)[C@H]3OCc3ccccc3)[C@H]2O)[C@@H](OCc2ccc(OC)cc2)[C@H](OCc2ccccc2)[C@H]1N1C(=O)c2ccccc2C1=O. The number of esters is 1. The number of carbonyl (C=O) groups is 3. The quantitative estimate of drug-likeness (QED) is 0.0194. The molecule has 514 valence electrons. The first-order chi connectivity index (χ1) is 47.6. The van der Waals surface area contributed by atoms with Crippen LogP contribution >= 0.6 is 0 Å². The average Bonchev–Trinajstić information content (AvgIpc) is 1.64. The molecule has 4 aliphatic heterocycles. The van der Waals surface area contributed by atoms with Crippen LogP contribution in [-0.2, 0) is 106 Å². The number of methoxy groups -OCH3 is 2. The molecule has 3 N–H and O–H groups in total. The summed E-state index contributed by atoms with van der Waals surface area (Å²) < 4.78 is 91.9. The van der Waals surface area contributed by atoms with Gasteiger partial charge in [-0.25, -0.2) is 0 Å². The summed E-state index contributed by atoms with van der Waals surface area (Å²) in [6, 6.07) is 60.4. The molecule has 0 saturated carbocycles. The number of aliphatic hydroxyl groups is 3. The van der Waals surface area contributed by atoms with Crippen molar-refractivity contribution in [3.8, 4) is 5.75 Å². The predicted molar refractivity (Wildman–Crippen MR) is 351 cm³/mol. The van der Waals surface area contributed by atoms with Gasteiger partial charge >= 0.3 is 5.97 Å². The number of unbranched alkanes of at least 4 members (excludes halogenated alkanes) is 2. The van der Waals surface area contributed by atoms with Crippen LogP contribution in [0.5, 0.6) is 5.75 Å². The maximum absolute atomic E-state index is 14.8. The van der Waals surface area contributed by atoms with Crippen molar-refractivity contribution in [2.75, 3.05) is 40.6 Å². The molecule has 0 radical (unpaired) electrons. The smallest absolute Gasteiger partial charge is 0.305 e. The summed E-state index contributed by atoms with van der Waals surface area (Å²) in [5, 5.41) is 36.1. The number of hydrogen-bond donors (Lipinski definition) is 3. The first-order valence-corrected chi connectivity index (χ1v) is 32.9. The molecule has 21 heteroatoms. The highest BCUT2D eigenvalue weighted by Crippen LogP contribution is 2.39. The number of hydrogen-bond acceptors (Lipinski definition) is 20. The molecule has 15 atom stereocenters. The van der Waals surface area contributed by atoms with Crippen molar-refractivity contribution in [1.82, 2.24) is 4.90 Å². The zero-order valence-corrected chi connectivity index (χ0v) is 54.3. The van der Waals surface area contributed by atoms with Crippen LogP contribution in [0.4, 0.5) is 0 Å². The molecule has 11 rings (SSSR count). The van der Waals surface area contributed by atoms with Crippen LogP contribution in [0.2, 0.25) is 0 Å². The van der Waals surface area contributed by atoms with Gasteiger partial charge in [-0.05, 0) is 70.5 Å². The minimum absolute atomic E-state index is 0.0156. The van der Waals surface area contributed by atoms with Crippen molar-refractivity contribution in [2.24, 2.45) is 0 Å². The summed E-state index contributed by atoms with van der Waals surface area (Å²) in [5.74, 6) is -0.928. The van der Waals surface area contributed by atoms with E-state index in [0.717, 1.165) is 38.3 Å². The van der Waals surface area contributed by atoms with Gasteiger partial charge in [-0.3, -0.25) is 19.3 Å². The Morgan fingerprint density at radius 1 is 0.423 bits per heavy atom. The number of aliphatic hydroxyl groups excluding tert-OH is 3. The molecule has 0 spiro atoms. The topological polar surface area (TPSA) is 244 Å². The van der Waals surface area contributed by atoms with E-state index in [1.807, 2.05) is 164 Å². The van der Waals surface area contributed by atoms with E-state index in [-0.39, 0.29) is 76.4 Å². The van der Waals surface area contributed by atoms with Crippen molar-refractivity contribution in [3.05, 3.63) is 245 Å². The lowest BCUT2D eigenvalue weighted by Crippen LogP contribution is -2.68. The van der Waals surface area contributed by atoms with E-state index < -0.39 is 117 Å². The molecule has 97 heavy (non-hydrogen) atoms. The molecule has 4 aliphatic rings. The number of rotatable bonds is 34. The fraction of sp³-hybridized carbons (Fsp3) is 0.408. The lowest BCUT2D eigenvalue weighted by atomic mass is 9.94. The minimum Gasteiger partial charge on any atom is -0.497 e. The summed E-state index contributed by atoms with van der Waals surface area (Å²) in [6.07, 6.45) is -16.8. The highest BCUT2D eigenvalue weighted by molar-refractivity contribution is 6.21. The molecule has 7 aromatic carbocycles. The van der Waals surface area contributed by atoms with Crippen molar-refractivity contribution in [2.45, 2.75) is 157 Å². The fourth-order valence-corrected chi connectivity index (χ4v) is 12.4. The van der Waals surface area contributed by atoms with Crippen molar-refractivity contribution < 1.29 is 96.0 Å². The van der Waals surface area contributed by atoms with Crippen LogP contribution in [0, 0.1) is 0 Å². The van der Waals surface area contributed by atoms with Gasteiger partial charge in [0.25, 0.3) is 11.8 Å². The molecule has 3 saturated heterocycles. The van der Waals surface area contributed by atoms with Gasteiger partial charge in [-0.1, -0.05) is 182 Å². The highest BCUT2D eigenvalue weighted by Gasteiger charge is 2.57. The number of nitrogens with zero attached hydrogens (tertiary/aromatic N) is 1. The van der Waals surface area contributed by atoms with E-state index in [9.17, 15) is 29.7 Å². The maximum Gasteiger partial charge on any atom is 0.305 e. The van der Waals surface area contributed by atoms with Crippen molar-refractivity contribution in [1.29, 1.82) is 0 Å². The molecule has 7 aromatic rings. The zero-order chi connectivity index (χ0) is 67.3. The maximum atomic E-state index is 14.8. The second-order valence-electron chi connectivity index (χ2n) is 24.2. The molecule has 0 unspecified atom stereocenters. The summed E-state index contributed by atoms with van der Waals surface area (Å²) in [4.78, 5) is 42.7. The van der Waals surface area contributed by atoms with Gasteiger partial charge in [-0.2, -0.15) is 0 Å². The van der Waals surface area contributed by atoms with Gasteiger partial charge in [0.2, 0.25) is 0 Å². The minimum atomic E-state index is -1.82. The van der Waals surface area contributed by atoms with Crippen LogP contribution in [0.15, 0.2) is 200 Å². The Labute approximate surface area is 564 Å². The fourth-order valence-electron chi connectivity index (χ4n) is 12.4. The molecule has 0 aliphatic carbocycles. The third kappa shape index (κ3) is 18.6. The summed E-state index contributed by atoms with van der Waals surface area (Å²) in [7, 11) is 2.90. The van der Waals surface area contributed by atoms with Crippen LogP contribution in [0.3, 0.4) is 0 Å². The first kappa shape index (κ1) is 70.7. The van der Waals surface area contributed by atoms with Crippen LogP contribution in [0.25, 0.3) is 0 Å². The average molecular weight is 1330 g/mol. The van der Waals surface area contributed by atoms with E-state index in [0.29, 0.717) is 25.0 Å². The number of benzene rings is 7. The largest absolute Gasteiger partial charge is 0.497 e. The Morgan fingerprint density at radius 2 is 0.866 bits per heavy atom. The van der Waals surface area contributed by atoms with Crippen LogP contribution in [-0.4, -0.2) is 171 Å². The van der Waals surface area contributed by atoms with E-state index in [2.05, 4.69) is 0 Å². The third-order valence-corrected chi connectivity index (χ3v) is 17.5. The Morgan fingerprint density at radius 3 is 1.38 bits per heavy atom. The molecule has 0 bridgehead atoms. The van der Waals surface area contributed by atoms with Crippen molar-refractivity contribution in [3.63, 3.8) is 0 Å². The number of ether oxygens (including phenoxy) is 14. The molecule has 21 nitrogen and oxygen atoms in total. The van der Waals surface area contributed by atoms with E-state index in [1.165, 1.54) is 7.11 Å². The Kier molecular flexibility index (Phi) is 26.0. The Bertz CT molecular complexity index is 3470. The zero-order valence-electron chi connectivity index (χ0n) is 54.3. The normalized spacial score (nSPS) is 26.4. The predicted octanol–water partition coefficient (Wildman–Crippen LogP) is 8.84. The van der Waals surface area contributed by atoms with Crippen LogP contribution < -0.4 is 4.74 Å². The van der Waals surface area contributed by atoms with Gasteiger partial charge in [0.05, 0.1) is 84.8 Å². The van der Waals surface area contributed by atoms with Crippen LogP contribution in [0.1, 0.15) is 79.8 Å². The highest BCUT2D eigenvalue weighted by atomic mass is 16.8. The summed E-state index contributed by atoms with van der Waals surface area (Å²) in [5.41, 5.74) is 5.35. The second-order valence-corrected chi connectivity index (χ2v) is 24.2. The second kappa shape index (κ2) is 35.7. The molecule has 4 heterocycles. The summed E-state index contributed by atoms with van der Waals surface area (Å²) >= 11 is 0. The first-order valence-electron chi connectivity index (χ1n) is 32.9. The molecule has 2 amide bonds. The number of fused-ring (bicyclic) bond motifs is 1. The standard InChI is InChI=1S/C76H85NO20/c1-84-56-38-36-55(37-39-56)47-88-66-61(95-74(87-40-22-8-19-35-62(79)85-2)63(68(66)90-44-52-27-13-5-14-28-52)77-72(82)57-33-20-21-34-58(57)73(77)83)49-93-75-65(81)69(64(80)59(41-78)94-75)97-76-71(92-46-54-31-17-7-18-32-54)70(91-45-53-29-15-6-16-30-53)67(89-43-51-25-11-4-12-26-51)60(96-76)48-86-42-50-23-9-3-10-24-50/h3-7,9-18,20-21,23-34,36-39,59-61,63-71,74-76,78,80-81H,8,19,22,35,40-49H2,1-2H3/t59-,60-,61-,63-,64+,65-,66-,67-,68-,69+,70+,71-,74-,75-,76-/m1/s1. The van der Waals surface area contributed by atoms with E-state index in [4.69, 9.17) is 66.3 Å². The van der Waals surface area contributed by atoms with Gasteiger partial charge in [0, 0.05) is 13.0 Å². The summed E-state index contributed by atoms with van der Waals surface area (Å²) in [6.45, 7) is -0.674. The third-order valence-electron chi connectivity index (χ3n) is 17.5. The number of imide groups is 1. The monoisotopic (exact) mass is 1330 g/mol. The van der Waals surface area contributed by atoms with Gasteiger partial charge in [-0.15, -0.1) is 0 Å². The molecular weight excluding hydrogens is 1250 g/mol. The molecule has 3 fully saturated rings. The lowest BCUT2D eigenvalue weighted by Gasteiger charge is -2.49. The van der Waals surface area contributed by atoms with Crippen molar-refractivity contribution >= 4 is 17.8 Å². The van der Waals surface area contributed by atoms with Gasteiger partial charge < -0.3 is 81.6 Å². The number of carbonyl (C=O) groups excluding carboxylic acids is 3. The van der Waals surface area contributed by atoms with E-state index >= 15 is 0 Å².